The highest BCUT2D eigenvalue weighted by Crippen LogP contribution is 2.32. The quantitative estimate of drug-likeness (QED) is 0.920. The van der Waals surface area contributed by atoms with Crippen molar-refractivity contribution in [2.24, 2.45) is 0 Å². The van der Waals surface area contributed by atoms with Gasteiger partial charge in [0.15, 0.2) is 0 Å². The molecule has 0 aliphatic carbocycles. The molecule has 0 spiro atoms. The second-order valence-electron chi connectivity index (χ2n) is 4.18. The number of ether oxygens (including phenoxy) is 1. The molecule has 1 aliphatic heterocycles. The van der Waals surface area contributed by atoms with Crippen LogP contribution in [0.1, 0.15) is 16.1 Å². The van der Waals surface area contributed by atoms with Gasteiger partial charge in [-0.25, -0.2) is 4.79 Å². The van der Waals surface area contributed by atoms with Crippen LogP contribution in [0, 0.1) is 0 Å². The minimum atomic E-state index is -1.01. The summed E-state index contributed by atoms with van der Waals surface area (Å²) in [6.45, 7) is 1.51. The average Bonchev–Trinajstić information content (AvgIpc) is 2.66. The summed E-state index contributed by atoms with van der Waals surface area (Å²) in [4.78, 5) is 11.2. The van der Waals surface area contributed by atoms with E-state index in [4.69, 9.17) is 9.15 Å². The fourth-order valence-corrected chi connectivity index (χ4v) is 3.00. The molecule has 0 bridgehead atoms. The summed E-state index contributed by atoms with van der Waals surface area (Å²) < 4.78 is 10.5. The third-order valence-corrected chi connectivity index (χ3v) is 4.16. The number of carbonyl (C=O) groups is 1. The first kappa shape index (κ1) is 11.6. The first-order valence-electron chi connectivity index (χ1n) is 5.69. The van der Waals surface area contributed by atoms with Crippen molar-refractivity contribution in [3.63, 3.8) is 0 Å². The second kappa shape index (κ2) is 4.66. The smallest absolute Gasteiger partial charge is 0.372 e. The molecule has 18 heavy (non-hydrogen) atoms. The van der Waals surface area contributed by atoms with Gasteiger partial charge in [-0.05, 0) is 6.07 Å². The molecular weight excluding hydrogens is 252 g/mol. The number of fused-ring (bicyclic) bond motifs is 1. The topological polar surface area (TPSA) is 59.7 Å². The Morgan fingerprint density at radius 1 is 1.39 bits per heavy atom. The van der Waals surface area contributed by atoms with Crippen molar-refractivity contribution in [3.05, 3.63) is 35.6 Å². The molecule has 94 valence electrons. The number of furan rings is 1. The van der Waals surface area contributed by atoms with Crippen LogP contribution in [0.2, 0.25) is 0 Å². The molecule has 3 rings (SSSR count). The van der Waals surface area contributed by atoms with Crippen LogP contribution >= 0.6 is 11.8 Å². The van der Waals surface area contributed by atoms with Crippen LogP contribution in [0.25, 0.3) is 11.0 Å². The summed E-state index contributed by atoms with van der Waals surface area (Å²) in [5.41, 5.74) is 1.41. The van der Waals surface area contributed by atoms with E-state index in [-0.39, 0.29) is 5.76 Å². The molecule has 0 unspecified atom stereocenters. The van der Waals surface area contributed by atoms with Crippen LogP contribution < -0.4 is 0 Å². The molecule has 0 radical (unpaired) electrons. The zero-order chi connectivity index (χ0) is 12.5. The third-order valence-electron chi connectivity index (χ3n) is 2.96. The molecule has 1 aromatic heterocycles. The van der Waals surface area contributed by atoms with Crippen molar-refractivity contribution in [3.8, 4) is 0 Å². The Labute approximate surface area is 108 Å². The number of hydrogen-bond acceptors (Lipinski definition) is 4. The van der Waals surface area contributed by atoms with Crippen molar-refractivity contribution < 1.29 is 19.1 Å². The van der Waals surface area contributed by atoms with Crippen molar-refractivity contribution in [1.29, 1.82) is 0 Å². The molecule has 1 aromatic carbocycles. The van der Waals surface area contributed by atoms with Gasteiger partial charge >= 0.3 is 5.97 Å². The number of thioether (sulfide) groups is 1. The summed E-state index contributed by atoms with van der Waals surface area (Å²) in [5.74, 6) is -0.303. The van der Waals surface area contributed by atoms with E-state index < -0.39 is 5.97 Å². The Morgan fingerprint density at radius 3 is 2.83 bits per heavy atom. The molecule has 0 atom stereocenters. The fraction of sp³-hybridized carbons (Fsp3) is 0.308. The van der Waals surface area contributed by atoms with E-state index in [1.807, 2.05) is 18.2 Å². The Bertz CT molecular complexity index is 586. The van der Waals surface area contributed by atoms with E-state index in [0.717, 1.165) is 24.2 Å². The lowest BCUT2D eigenvalue weighted by molar-refractivity contribution is 0.0455. The van der Waals surface area contributed by atoms with Gasteiger partial charge < -0.3 is 14.3 Å². The van der Waals surface area contributed by atoms with Crippen LogP contribution in [0.5, 0.6) is 0 Å². The highest BCUT2D eigenvalue weighted by atomic mass is 32.2. The molecule has 5 heteroatoms. The van der Waals surface area contributed by atoms with E-state index in [0.29, 0.717) is 16.6 Å². The standard InChI is InChI=1S/C13H12O4S/c14-13(15)12-10(7-18-8-5-16-6-8)9-3-1-2-4-11(9)17-12/h1-4,8H,5-7H2,(H,14,15). The number of hydrogen-bond donors (Lipinski definition) is 1. The van der Waals surface area contributed by atoms with Crippen LogP contribution in [0.15, 0.2) is 28.7 Å². The number of para-hydroxylation sites is 1. The van der Waals surface area contributed by atoms with E-state index in [1.165, 1.54) is 0 Å². The van der Waals surface area contributed by atoms with Crippen molar-refractivity contribution in [1.82, 2.24) is 0 Å². The highest BCUT2D eigenvalue weighted by molar-refractivity contribution is 7.99. The van der Waals surface area contributed by atoms with Crippen LogP contribution in [-0.4, -0.2) is 29.5 Å². The maximum atomic E-state index is 11.2. The largest absolute Gasteiger partial charge is 0.475 e. The lowest BCUT2D eigenvalue weighted by Crippen LogP contribution is -2.30. The van der Waals surface area contributed by atoms with Gasteiger partial charge in [0.05, 0.1) is 18.5 Å². The maximum Gasteiger partial charge on any atom is 0.372 e. The molecule has 4 nitrogen and oxygen atoms in total. The predicted molar refractivity (Wildman–Crippen MR) is 69.1 cm³/mol. The van der Waals surface area contributed by atoms with E-state index in [2.05, 4.69) is 0 Å². The fourth-order valence-electron chi connectivity index (χ4n) is 1.93. The third kappa shape index (κ3) is 2.00. The molecule has 1 aliphatic rings. The first-order valence-corrected chi connectivity index (χ1v) is 6.73. The van der Waals surface area contributed by atoms with Gasteiger partial charge in [0.1, 0.15) is 5.58 Å². The van der Waals surface area contributed by atoms with E-state index in [1.54, 1.807) is 17.8 Å². The number of benzene rings is 1. The minimum absolute atomic E-state index is 0.0592. The van der Waals surface area contributed by atoms with E-state index in [9.17, 15) is 9.90 Å². The molecular formula is C13H12O4S. The lowest BCUT2D eigenvalue weighted by atomic mass is 10.1. The molecule has 1 fully saturated rings. The van der Waals surface area contributed by atoms with Gasteiger partial charge in [-0.1, -0.05) is 18.2 Å². The van der Waals surface area contributed by atoms with Crippen LogP contribution in [0.4, 0.5) is 0 Å². The number of carboxylic acid groups (broad SMARTS) is 1. The van der Waals surface area contributed by atoms with Crippen molar-refractivity contribution in [2.45, 2.75) is 11.0 Å². The predicted octanol–water partition coefficient (Wildman–Crippen LogP) is 2.76. The summed E-state index contributed by atoms with van der Waals surface area (Å²) in [5, 5.41) is 10.5. The molecule has 2 aromatic rings. The summed E-state index contributed by atoms with van der Waals surface area (Å²) >= 11 is 1.72. The lowest BCUT2D eigenvalue weighted by Gasteiger charge is -2.25. The molecule has 2 heterocycles. The molecule has 0 amide bonds. The monoisotopic (exact) mass is 264 g/mol. The molecule has 1 saturated heterocycles. The average molecular weight is 264 g/mol. The SMILES string of the molecule is O=C(O)c1oc2ccccc2c1CSC1COC1. The van der Waals surface area contributed by atoms with Crippen molar-refractivity contribution in [2.75, 3.05) is 13.2 Å². The molecule has 0 saturated carbocycles. The van der Waals surface area contributed by atoms with Gasteiger partial charge in [-0.3, -0.25) is 0 Å². The summed E-state index contributed by atoms with van der Waals surface area (Å²) in [6.07, 6.45) is 0. The number of aromatic carboxylic acids is 1. The van der Waals surface area contributed by atoms with Crippen molar-refractivity contribution >= 4 is 28.7 Å². The van der Waals surface area contributed by atoms with Crippen LogP contribution in [-0.2, 0) is 10.5 Å². The van der Waals surface area contributed by atoms with Gasteiger partial charge in [0.25, 0.3) is 0 Å². The Kier molecular flexibility index (Phi) is 3.01. The normalized spacial score (nSPS) is 15.8. The van der Waals surface area contributed by atoms with Gasteiger partial charge in [0.2, 0.25) is 5.76 Å². The molecule has 1 N–H and O–H groups in total. The Balaban J connectivity index is 1.95. The Morgan fingerprint density at radius 2 is 2.17 bits per heavy atom. The summed E-state index contributed by atoms with van der Waals surface area (Å²) in [6, 6.07) is 7.43. The number of rotatable bonds is 4. The highest BCUT2D eigenvalue weighted by Gasteiger charge is 2.23. The zero-order valence-electron chi connectivity index (χ0n) is 9.59. The van der Waals surface area contributed by atoms with E-state index >= 15 is 0 Å². The van der Waals surface area contributed by atoms with Gasteiger partial charge in [0, 0.05) is 16.7 Å². The summed E-state index contributed by atoms with van der Waals surface area (Å²) in [7, 11) is 0. The van der Waals surface area contributed by atoms with Gasteiger partial charge in [-0.15, -0.1) is 11.8 Å². The maximum absolute atomic E-state index is 11.2. The minimum Gasteiger partial charge on any atom is -0.475 e. The Hall–Kier alpha value is -1.46. The van der Waals surface area contributed by atoms with Gasteiger partial charge in [-0.2, -0.15) is 0 Å². The second-order valence-corrected chi connectivity index (χ2v) is 5.47. The zero-order valence-corrected chi connectivity index (χ0v) is 10.4. The number of carboxylic acids is 1. The first-order chi connectivity index (χ1) is 8.75. The van der Waals surface area contributed by atoms with Crippen LogP contribution in [0.3, 0.4) is 0 Å².